The van der Waals surface area contributed by atoms with Gasteiger partial charge in [-0.25, -0.2) is 4.79 Å². The summed E-state index contributed by atoms with van der Waals surface area (Å²) in [4.78, 5) is 23.5. The van der Waals surface area contributed by atoms with Crippen LogP contribution in [0.1, 0.15) is 21.5 Å². The molecule has 3 heteroatoms. The normalized spacial score (nSPS) is 10.4. The van der Waals surface area contributed by atoms with Crippen molar-refractivity contribution in [1.82, 2.24) is 0 Å². The Kier molecular flexibility index (Phi) is 3.97. The number of esters is 1. The molecule has 0 saturated heterocycles. The Labute approximate surface area is 128 Å². The Balaban J connectivity index is 1.94. The number of carbonyl (C=O) groups is 1. The SMILES string of the molecule is O=[C]c1ccc2ccccc2c1C(=O)OCc1ccccc1. The molecule has 3 aromatic rings. The zero-order valence-corrected chi connectivity index (χ0v) is 11.8. The summed E-state index contributed by atoms with van der Waals surface area (Å²) in [6.45, 7) is 0.168. The maximum atomic E-state index is 12.4. The number of ether oxygens (including phenoxy) is 1. The summed E-state index contributed by atoms with van der Waals surface area (Å²) in [6.07, 6.45) is 1.82. The second-order valence-electron chi connectivity index (χ2n) is 4.87. The molecule has 0 saturated carbocycles. The minimum atomic E-state index is -0.515. The minimum absolute atomic E-state index is 0.168. The summed E-state index contributed by atoms with van der Waals surface area (Å²) in [6, 6.07) is 20.2. The predicted octanol–water partition coefficient (Wildman–Crippen LogP) is 3.65. The van der Waals surface area contributed by atoms with Crippen molar-refractivity contribution in [2.24, 2.45) is 0 Å². The fourth-order valence-corrected chi connectivity index (χ4v) is 2.37. The summed E-state index contributed by atoms with van der Waals surface area (Å²) < 4.78 is 5.35. The molecule has 0 heterocycles. The second kappa shape index (κ2) is 6.22. The fraction of sp³-hybridized carbons (Fsp3) is 0.0526. The predicted molar refractivity (Wildman–Crippen MR) is 84.3 cm³/mol. The highest BCUT2D eigenvalue weighted by molar-refractivity contribution is 6.10. The molecular formula is C19H13O3. The van der Waals surface area contributed by atoms with E-state index in [-0.39, 0.29) is 17.7 Å². The zero-order chi connectivity index (χ0) is 15.4. The van der Waals surface area contributed by atoms with Crippen molar-refractivity contribution in [3.8, 4) is 0 Å². The molecule has 0 amide bonds. The first-order valence-electron chi connectivity index (χ1n) is 6.90. The van der Waals surface area contributed by atoms with Gasteiger partial charge in [0.15, 0.2) is 0 Å². The molecule has 0 aliphatic heterocycles. The van der Waals surface area contributed by atoms with E-state index < -0.39 is 5.97 Å². The first kappa shape index (κ1) is 14.0. The standard InChI is InChI=1S/C19H13O3/c20-12-16-11-10-15-8-4-5-9-17(15)18(16)19(21)22-13-14-6-2-1-3-7-14/h1-11H,13H2. The Morgan fingerprint density at radius 3 is 2.41 bits per heavy atom. The molecule has 3 nitrogen and oxygen atoms in total. The Bertz CT molecular complexity index is 822. The highest BCUT2D eigenvalue weighted by Gasteiger charge is 2.17. The van der Waals surface area contributed by atoms with Gasteiger partial charge < -0.3 is 4.74 Å². The van der Waals surface area contributed by atoms with Gasteiger partial charge in [-0.3, -0.25) is 4.79 Å². The van der Waals surface area contributed by atoms with Crippen molar-refractivity contribution in [3.63, 3.8) is 0 Å². The minimum Gasteiger partial charge on any atom is -0.457 e. The van der Waals surface area contributed by atoms with Gasteiger partial charge in [0, 0.05) is 5.56 Å². The van der Waals surface area contributed by atoms with E-state index in [1.54, 1.807) is 18.2 Å². The van der Waals surface area contributed by atoms with Crippen LogP contribution in [0.5, 0.6) is 0 Å². The Morgan fingerprint density at radius 2 is 1.64 bits per heavy atom. The molecule has 22 heavy (non-hydrogen) atoms. The van der Waals surface area contributed by atoms with Crippen LogP contribution in [-0.4, -0.2) is 12.3 Å². The van der Waals surface area contributed by atoms with Crippen LogP contribution in [0.3, 0.4) is 0 Å². The van der Waals surface area contributed by atoms with E-state index in [9.17, 15) is 9.59 Å². The highest BCUT2D eigenvalue weighted by atomic mass is 16.5. The van der Waals surface area contributed by atoms with Crippen LogP contribution in [-0.2, 0) is 16.1 Å². The van der Waals surface area contributed by atoms with Gasteiger partial charge in [0.25, 0.3) is 0 Å². The Morgan fingerprint density at radius 1 is 0.909 bits per heavy atom. The maximum Gasteiger partial charge on any atom is 0.339 e. The largest absolute Gasteiger partial charge is 0.457 e. The van der Waals surface area contributed by atoms with Crippen molar-refractivity contribution >= 4 is 23.0 Å². The maximum absolute atomic E-state index is 12.4. The Hall–Kier alpha value is -2.94. The molecule has 0 N–H and O–H groups in total. The van der Waals surface area contributed by atoms with E-state index in [0.29, 0.717) is 5.39 Å². The van der Waals surface area contributed by atoms with Crippen molar-refractivity contribution in [3.05, 3.63) is 83.4 Å². The molecule has 3 rings (SSSR count). The van der Waals surface area contributed by atoms with Gasteiger partial charge in [0.2, 0.25) is 6.29 Å². The number of benzene rings is 3. The molecule has 107 valence electrons. The van der Waals surface area contributed by atoms with Crippen LogP contribution in [0.4, 0.5) is 0 Å². The van der Waals surface area contributed by atoms with Crippen LogP contribution >= 0.6 is 0 Å². The molecule has 0 aliphatic carbocycles. The van der Waals surface area contributed by atoms with E-state index >= 15 is 0 Å². The number of hydrogen-bond acceptors (Lipinski definition) is 3. The van der Waals surface area contributed by atoms with Crippen LogP contribution in [0.15, 0.2) is 66.7 Å². The van der Waals surface area contributed by atoms with Crippen molar-refractivity contribution in [2.75, 3.05) is 0 Å². The first-order valence-corrected chi connectivity index (χ1v) is 6.90. The van der Waals surface area contributed by atoms with E-state index in [1.807, 2.05) is 54.8 Å². The van der Waals surface area contributed by atoms with Crippen molar-refractivity contribution in [2.45, 2.75) is 6.61 Å². The molecule has 0 unspecified atom stereocenters. The smallest absolute Gasteiger partial charge is 0.339 e. The third kappa shape index (κ3) is 2.74. The lowest BCUT2D eigenvalue weighted by atomic mass is 9.99. The lowest BCUT2D eigenvalue weighted by Gasteiger charge is -2.09. The molecule has 0 fully saturated rings. The van der Waals surface area contributed by atoms with Gasteiger partial charge in [-0.15, -0.1) is 0 Å². The fourth-order valence-electron chi connectivity index (χ4n) is 2.37. The molecule has 0 spiro atoms. The van der Waals surface area contributed by atoms with Crippen LogP contribution in [0, 0.1) is 0 Å². The molecule has 0 aromatic heterocycles. The lowest BCUT2D eigenvalue weighted by molar-refractivity contribution is 0.0475. The van der Waals surface area contributed by atoms with Gasteiger partial charge >= 0.3 is 5.97 Å². The molecule has 1 radical (unpaired) electrons. The number of fused-ring (bicyclic) bond motifs is 1. The van der Waals surface area contributed by atoms with Crippen molar-refractivity contribution in [1.29, 1.82) is 0 Å². The third-order valence-corrected chi connectivity index (χ3v) is 3.46. The van der Waals surface area contributed by atoms with Gasteiger partial charge in [0.05, 0.1) is 5.56 Å². The molecule has 0 bridgehead atoms. The average molecular weight is 289 g/mol. The quantitative estimate of drug-likeness (QED) is 0.688. The van der Waals surface area contributed by atoms with Gasteiger partial charge in [0.1, 0.15) is 6.61 Å². The summed E-state index contributed by atoms with van der Waals surface area (Å²) in [7, 11) is 0. The first-order chi connectivity index (χ1) is 10.8. The molecule has 3 aromatic carbocycles. The number of rotatable bonds is 4. The zero-order valence-electron chi connectivity index (χ0n) is 11.8. The monoisotopic (exact) mass is 289 g/mol. The summed E-state index contributed by atoms with van der Waals surface area (Å²) >= 11 is 0. The molecule has 0 aliphatic rings. The van der Waals surface area contributed by atoms with Crippen LogP contribution in [0.2, 0.25) is 0 Å². The molecular weight excluding hydrogens is 276 g/mol. The lowest BCUT2D eigenvalue weighted by Crippen LogP contribution is -2.09. The van der Waals surface area contributed by atoms with E-state index in [4.69, 9.17) is 4.74 Å². The van der Waals surface area contributed by atoms with Gasteiger partial charge in [-0.1, -0.05) is 60.7 Å². The third-order valence-electron chi connectivity index (χ3n) is 3.46. The van der Waals surface area contributed by atoms with Gasteiger partial charge in [-0.2, -0.15) is 0 Å². The average Bonchev–Trinajstić information content (AvgIpc) is 2.59. The molecule has 0 atom stereocenters. The van der Waals surface area contributed by atoms with E-state index in [0.717, 1.165) is 10.9 Å². The van der Waals surface area contributed by atoms with Crippen LogP contribution in [0.25, 0.3) is 10.8 Å². The van der Waals surface area contributed by atoms with E-state index in [2.05, 4.69) is 0 Å². The number of carbonyl (C=O) groups excluding carboxylic acids is 2. The summed E-state index contributed by atoms with van der Waals surface area (Å²) in [5, 5.41) is 1.58. The van der Waals surface area contributed by atoms with Gasteiger partial charge in [-0.05, 0) is 22.4 Å². The van der Waals surface area contributed by atoms with Crippen molar-refractivity contribution < 1.29 is 14.3 Å². The van der Waals surface area contributed by atoms with Crippen LogP contribution < -0.4 is 0 Å². The topological polar surface area (TPSA) is 43.4 Å². The van der Waals surface area contributed by atoms with E-state index in [1.165, 1.54) is 0 Å². The number of hydrogen-bond donors (Lipinski definition) is 0. The second-order valence-corrected chi connectivity index (χ2v) is 4.87. The highest BCUT2D eigenvalue weighted by Crippen LogP contribution is 2.23. The summed E-state index contributed by atoms with van der Waals surface area (Å²) in [5.74, 6) is -0.515. The summed E-state index contributed by atoms with van der Waals surface area (Å²) in [5.41, 5.74) is 1.38.